The fraction of sp³-hybridized carbons (Fsp3) is 0.333. The van der Waals surface area contributed by atoms with Crippen LogP contribution in [0.25, 0.3) is 0 Å². The number of rotatable bonds is 8. The van der Waals surface area contributed by atoms with Gasteiger partial charge in [0.15, 0.2) is 5.76 Å². The van der Waals surface area contributed by atoms with Crippen molar-refractivity contribution >= 4 is 11.8 Å². The predicted molar refractivity (Wildman–Crippen MR) is 126 cm³/mol. The minimum absolute atomic E-state index is 0.0519. The van der Waals surface area contributed by atoms with Crippen molar-refractivity contribution in [3.63, 3.8) is 0 Å². The minimum atomic E-state index is -0.981. The van der Waals surface area contributed by atoms with E-state index in [9.17, 15) is 14.0 Å². The summed E-state index contributed by atoms with van der Waals surface area (Å²) in [5.74, 6) is -0.432. The molecular weight excluding hydrogens is 435 g/mol. The molecule has 1 saturated carbocycles. The molecule has 1 aliphatic rings. The van der Waals surface area contributed by atoms with Crippen molar-refractivity contribution < 1.29 is 23.1 Å². The van der Waals surface area contributed by atoms with E-state index in [4.69, 9.17) is 9.15 Å². The Kier molecular flexibility index (Phi) is 7.62. The van der Waals surface area contributed by atoms with Crippen LogP contribution in [0.4, 0.5) is 4.39 Å². The van der Waals surface area contributed by atoms with Crippen LogP contribution in [-0.4, -0.2) is 29.9 Å². The third-order valence-corrected chi connectivity index (χ3v) is 6.22. The topological polar surface area (TPSA) is 71.8 Å². The Morgan fingerprint density at radius 3 is 2.47 bits per heavy atom. The number of halogens is 1. The van der Waals surface area contributed by atoms with Crippen LogP contribution < -0.4 is 10.1 Å². The van der Waals surface area contributed by atoms with Crippen LogP contribution in [0.1, 0.15) is 59.8 Å². The number of hydrogen-bond acceptors (Lipinski definition) is 4. The van der Waals surface area contributed by atoms with E-state index in [1.807, 2.05) is 18.2 Å². The highest BCUT2D eigenvalue weighted by Crippen LogP contribution is 2.30. The van der Waals surface area contributed by atoms with Crippen molar-refractivity contribution in [1.82, 2.24) is 10.2 Å². The molecule has 2 aromatic carbocycles. The van der Waals surface area contributed by atoms with Gasteiger partial charge < -0.3 is 19.4 Å². The van der Waals surface area contributed by atoms with Crippen molar-refractivity contribution in [2.24, 2.45) is 0 Å². The lowest BCUT2D eigenvalue weighted by molar-refractivity contribution is -0.127. The quantitative estimate of drug-likeness (QED) is 0.494. The van der Waals surface area contributed by atoms with Gasteiger partial charge in [-0.05, 0) is 48.7 Å². The summed E-state index contributed by atoms with van der Waals surface area (Å²) in [4.78, 5) is 28.8. The highest BCUT2D eigenvalue weighted by atomic mass is 19.1. The molecule has 1 aliphatic carbocycles. The summed E-state index contributed by atoms with van der Waals surface area (Å²) in [6, 6.07) is 15.3. The molecule has 0 saturated heterocycles. The third kappa shape index (κ3) is 5.47. The number of carbonyl (C=O) groups is 2. The number of amides is 2. The normalized spacial score (nSPS) is 14.9. The molecule has 178 valence electrons. The third-order valence-electron chi connectivity index (χ3n) is 6.22. The summed E-state index contributed by atoms with van der Waals surface area (Å²) < 4.78 is 24.6. The largest absolute Gasteiger partial charge is 0.496 e. The molecule has 1 atom stereocenters. The molecule has 1 aromatic heterocycles. The van der Waals surface area contributed by atoms with Crippen LogP contribution in [0.2, 0.25) is 0 Å². The summed E-state index contributed by atoms with van der Waals surface area (Å²) in [7, 11) is 1.56. The summed E-state index contributed by atoms with van der Waals surface area (Å²) in [5, 5.41) is 3.14. The number of nitrogens with one attached hydrogen (secondary N) is 1. The predicted octanol–water partition coefficient (Wildman–Crippen LogP) is 5.26. The summed E-state index contributed by atoms with van der Waals surface area (Å²) in [6.45, 7) is 0.101. The molecule has 0 unspecified atom stereocenters. The summed E-state index contributed by atoms with van der Waals surface area (Å²) in [6.07, 6.45) is 6.50. The zero-order chi connectivity index (χ0) is 23.9. The van der Waals surface area contributed by atoms with E-state index in [2.05, 4.69) is 5.32 Å². The van der Waals surface area contributed by atoms with E-state index in [-0.39, 0.29) is 24.3 Å². The molecule has 4 rings (SSSR count). The number of para-hydroxylation sites is 1. The Morgan fingerprint density at radius 1 is 1.06 bits per heavy atom. The van der Waals surface area contributed by atoms with Gasteiger partial charge in [-0.15, -0.1) is 0 Å². The highest BCUT2D eigenvalue weighted by Gasteiger charge is 2.35. The Bertz CT molecular complexity index is 1090. The number of furan rings is 1. The minimum Gasteiger partial charge on any atom is -0.496 e. The lowest BCUT2D eigenvalue weighted by Crippen LogP contribution is -2.46. The SMILES string of the molecule is COc1ccccc1CN(C(=O)c1ccco1)[C@@H](C(=O)NC1CCCCC1)c1ccc(F)cc1. The van der Waals surface area contributed by atoms with E-state index < -0.39 is 17.8 Å². The fourth-order valence-corrected chi connectivity index (χ4v) is 4.48. The molecule has 1 N–H and O–H groups in total. The molecule has 3 aromatic rings. The molecular formula is C27H29FN2O4. The van der Waals surface area contributed by atoms with Gasteiger partial charge in [0.25, 0.3) is 5.91 Å². The Morgan fingerprint density at radius 2 is 1.79 bits per heavy atom. The van der Waals surface area contributed by atoms with Gasteiger partial charge in [-0.1, -0.05) is 49.6 Å². The zero-order valence-electron chi connectivity index (χ0n) is 19.2. The Balaban J connectivity index is 1.74. The van der Waals surface area contributed by atoms with Gasteiger partial charge in [-0.2, -0.15) is 0 Å². The van der Waals surface area contributed by atoms with Crippen LogP contribution >= 0.6 is 0 Å². The average molecular weight is 465 g/mol. The van der Waals surface area contributed by atoms with E-state index in [0.717, 1.165) is 37.7 Å². The van der Waals surface area contributed by atoms with E-state index in [0.29, 0.717) is 11.3 Å². The molecule has 1 heterocycles. The van der Waals surface area contributed by atoms with Gasteiger partial charge in [0.1, 0.15) is 17.6 Å². The van der Waals surface area contributed by atoms with Gasteiger partial charge in [0, 0.05) is 11.6 Å². The molecule has 0 bridgehead atoms. The lowest BCUT2D eigenvalue weighted by Gasteiger charge is -2.33. The second kappa shape index (κ2) is 11.0. The van der Waals surface area contributed by atoms with Crippen molar-refractivity contribution in [1.29, 1.82) is 0 Å². The molecule has 0 aliphatic heterocycles. The lowest BCUT2D eigenvalue weighted by atomic mass is 9.94. The Hall–Kier alpha value is -3.61. The second-order valence-electron chi connectivity index (χ2n) is 8.52. The van der Waals surface area contributed by atoms with Crippen molar-refractivity contribution in [3.8, 4) is 5.75 Å². The fourth-order valence-electron chi connectivity index (χ4n) is 4.48. The highest BCUT2D eigenvalue weighted by molar-refractivity contribution is 5.96. The number of ether oxygens (including phenoxy) is 1. The summed E-state index contributed by atoms with van der Waals surface area (Å²) >= 11 is 0. The maximum absolute atomic E-state index is 13.7. The van der Waals surface area contributed by atoms with Crippen LogP contribution in [0.3, 0.4) is 0 Å². The van der Waals surface area contributed by atoms with Gasteiger partial charge in [0.2, 0.25) is 5.91 Å². The number of hydrogen-bond donors (Lipinski definition) is 1. The van der Waals surface area contributed by atoms with E-state index in [1.165, 1.54) is 23.3 Å². The monoisotopic (exact) mass is 464 g/mol. The molecule has 6 nitrogen and oxygen atoms in total. The molecule has 7 heteroatoms. The van der Waals surface area contributed by atoms with Gasteiger partial charge >= 0.3 is 0 Å². The van der Waals surface area contributed by atoms with Crippen LogP contribution in [0.5, 0.6) is 5.75 Å². The number of carbonyl (C=O) groups excluding carboxylic acids is 2. The second-order valence-corrected chi connectivity index (χ2v) is 8.52. The molecule has 0 spiro atoms. The number of methoxy groups -OCH3 is 1. The standard InChI is InChI=1S/C27H29FN2O4/c1-33-23-11-6-5-8-20(23)18-30(27(32)24-12-7-17-34-24)25(19-13-15-21(28)16-14-19)26(31)29-22-9-3-2-4-10-22/h5-8,11-17,22,25H,2-4,9-10,18H2,1H3,(H,29,31)/t25-/m1/s1. The first kappa shape index (κ1) is 23.5. The molecule has 0 radical (unpaired) electrons. The number of benzene rings is 2. The first-order chi connectivity index (χ1) is 16.6. The smallest absolute Gasteiger partial charge is 0.290 e. The molecule has 34 heavy (non-hydrogen) atoms. The maximum Gasteiger partial charge on any atom is 0.290 e. The van der Waals surface area contributed by atoms with Crippen LogP contribution in [0, 0.1) is 5.82 Å². The summed E-state index contributed by atoms with van der Waals surface area (Å²) in [5.41, 5.74) is 1.26. The van der Waals surface area contributed by atoms with E-state index >= 15 is 0 Å². The zero-order valence-corrected chi connectivity index (χ0v) is 19.2. The van der Waals surface area contributed by atoms with Crippen molar-refractivity contribution in [2.45, 2.75) is 50.7 Å². The van der Waals surface area contributed by atoms with E-state index in [1.54, 1.807) is 37.4 Å². The average Bonchev–Trinajstić information content (AvgIpc) is 3.40. The number of nitrogens with zero attached hydrogens (tertiary/aromatic N) is 1. The molecule has 2 amide bonds. The van der Waals surface area contributed by atoms with Gasteiger partial charge in [-0.25, -0.2) is 4.39 Å². The van der Waals surface area contributed by atoms with Crippen LogP contribution in [-0.2, 0) is 11.3 Å². The first-order valence-electron chi connectivity index (χ1n) is 11.6. The van der Waals surface area contributed by atoms with Gasteiger partial charge in [0.05, 0.1) is 19.9 Å². The maximum atomic E-state index is 13.7. The van der Waals surface area contributed by atoms with Gasteiger partial charge in [-0.3, -0.25) is 9.59 Å². The first-order valence-corrected chi connectivity index (χ1v) is 11.6. The Labute approximate surface area is 198 Å². The van der Waals surface area contributed by atoms with Crippen LogP contribution in [0.15, 0.2) is 71.3 Å². The molecule has 1 fully saturated rings. The van der Waals surface area contributed by atoms with Crippen molar-refractivity contribution in [2.75, 3.05) is 7.11 Å². The van der Waals surface area contributed by atoms with Crippen molar-refractivity contribution in [3.05, 3.63) is 89.6 Å².